The first-order valence-corrected chi connectivity index (χ1v) is 5.52. The first-order valence-electron chi connectivity index (χ1n) is 5.52. The summed E-state index contributed by atoms with van der Waals surface area (Å²) in [6.45, 7) is 4.51. The molecule has 0 aromatic carbocycles. The Hall–Kier alpha value is -1.36. The van der Waals surface area contributed by atoms with Crippen LogP contribution in [-0.2, 0) is 4.74 Å². The molecule has 0 aliphatic carbocycles. The van der Waals surface area contributed by atoms with E-state index in [1.54, 1.807) is 13.0 Å². The lowest BCUT2D eigenvalue weighted by atomic mass is 10.1. The average molecular weight is 224 g/mol. The van der Waals surface area contributed by atoms with E-state index in [9.17, 15) is 4.79 Å². The monoisotopic (exact) mass is 224 g/mol. The summed E-state index contributed by atoms with van der Waals surface area (Å²) in [5, 5.41) is 6.53. The van der Waals surface area contributed by atoms with E-state index >= 15 is 0 Å². The highest BCUT2D eigenvalue weighted by molar-refractivity contribution is 5.91. The van der Waals surface area contributed by atoms with Crippen molar-refractivity contribution in [1.29, 1.82) is 0 Å². The average Bonchev–Trinajstić information content (AvgIpc) is 2.87. The first kappa shape index (κ1) is 11.1. The lowest BCUT2D eigenvalue weighted by molar-refractivity contribution is 0.0691. The Labute approximate surface area is 94.1 Å². The fraction of sp³-hybridized carbons (Fsp3) is 0.636. The highest BCUT2D eigenvalue weighted by Crippen LogP contribution is 2.15. The van der Waals surface area contributed by atoms with Gasteiger partial charge in [-0.05, 0) is 26.7 Å². The summed E-state index contributed by atoms with van der Waals surface area (Å²) in [5.41, 5.74) is 0.704. The SMILES string of the molecule is Cc1cc(C(=O)N[C@@H](C)[C@@H]2CCCO2)on1. The standard InChI is InChI=1S/C11H16N2O3/c1-7-6-10(16-13-7)11(14)12-8(2)9-4-3-5-15-9/h6,8-9H,3-5H2,1-2H3,(H,12,14)/t8-,9-/m0/s1. The zero-order chi connectivity index (χ0) is 11.5. The van der Waals surface area contributed by atoms with Crippen LogP contribution < -0.4 is 5.32 Å². The van der Waals surface area contributed by atoms with Crippen molar-refractivity contribution in [1.82, 2.24) is 10.5 Å². The van der Waals surface area contributed by atoms with Gasteiger partial charge < -0.3 is 14.6 Å². The molecule has 1 saturated heterocycles. The van der Waals surface area contributed by atoms with Crippen molar-refractivity contribution < 1.29 is 14.1 Å². The van der Waals surface area contributed by atoms with E-state index in [-0.39, 0.29) is 23.8 Å². The summed E-state index contributed by atoms with van der Waals surface area (Å²) in [7, 11) is 0. The first-order chi connectivity index (χ1) is 7.66. The summed E-state index contributed by atoms with van der Waals surface area (Å²) in [6.07, 6.45) is 2.18. The van der Waals surface area contributed by atoms with E-state index in [4.69, 9.17) is 9.26 Å². The number of hydrogen-bond acceptors (Lipinski definition) is 4. The predicted octanol–water partition coefficient (Wildman–Crippen LogP) is 1.28. The van der Waals surface area contributed by atoms with Crippen LogP contribution in [0.4, 0.5) is 0 Å². The van der Waals surface area contributed by atoms with E-state index < -0.39 is 0 Å². The molecule has 5 heteroatoms. The van der Waals surface area contributed by atoms with Gasteiger partial charge in [-0.1, -0.05) is 5.16 Å². The summed E-state index contributed by atoms with van der Waals surface area (Å²) in [6, 6.07) is 1.62. The van der Waals surface area contributed by atoms with Gasteiger partial charge in [-0.2, -0.15) is 0 Å². The van der Waals surface area contributed by atoms with E-state index in [2.05, 4.69) is 10.5 Å². The van der Waals surface area contributed by atoms with E-state index in [1.807, 2.05) is 6.92 Å². The third-order valence-corrected chi connectivity index (χ3v) is 2.73. The van der Waals surface area contributed by atoms with Crippen molar-refractivity contribution in [3.05, 3.63) is 17.5 Å². The molecule has 0 unspecified atom stereocenters. The maximum Gasteiger partial charge on any atom is 0.290 e. The Morgan fingerprint density at radius 1 is 1.69 bits per heavy atom. The Morgan fingerprint density at radius 2 is 2.50 bits per heavy atom. The normalized spacial score (nSPS) is 22.0. The van der Waals surface area contributed by atoms with Crippen LogP contribution in [0.3, 0.4) is 0 Å². The molecule has 2 atom stereocenters. The number of nitrogens with zero attached hydrogens (tertiary/aromatic N) is 1. The minimum atomic E-state index is -0.233. The van der Waals surface area contributed by atoms with Gasteiger partial charge in [-0.25, -0.2) is 0 Å². The van der Waals surface area contributed by atoms with E-state index in [0.717, 1.165) is 19.4 Å². The Bertz CT molecular complexity index is 369. The molecule has 1 N–H and O–H groups in total. The Balaban J connectivity index is 1.91. The molecule has 1 aliphatic rings. The highest BCUT2D eigenvalue weighted by atomic mass is 16.5. The molecule has 1 aromatic heterocycles. The summed E-state index contributed by atoms with van der Waals surface area (Å²) >= 11 is 0. The largest absolute Gasteiger partial charge is 0.376 e. The molecular weight excluding hydrogens is 208 g/mol. The molecule has 1 aromatic rings. The number of amides is 1. The fourth-order valence-electron chi connectivity index (χ4n) is 1.84. The van der Waals surface area contributed by atoms with Gasteiger partial charge in [0.25, 0.3) is 5.91 Å². The smallest absolute Gasteiger partial charge is 0.290 e. The zero-order valence-electron chi connectivity index (χ0n) is 9.53. The topological polar surface area (TPSA) is 64.4 Å². The second kappa shape index (κ2) is 4.65. The van der Waals surface area contributed by atoms with Crippen LogP contribution in [0.5, 0.6) is 0 Å². The summed E-state index contributed by atoms with van der Waals surface area (Å²) in [4.78, 5) is 11.7. The number of aryl methyl sites for hydroxylation is 1. The number of hydrogen-bond donors (Lipinski definition) is 1. The molecule has 1 aliphatic heterocycles. The quantitative estimate of drug-likeness (QED) is 0.840. The number of aromatic nitrogens is 1. The van der Waals surface area contributed by atoms with Crippen molar-refractivity contribution in [3.63, 3.8) is 0 Å². The van der Waals surface area contributed by atoms with Gasteiger partial charge in [0.2, 0.25) is 5.76 Å². The molecule has 1 fully saturated rings. The van der Waals surface area contributed by atoms with Gasteiger partial charge in [0.1, 0.15) is 0 Å². The zero-order valence-corrected chi connectivity index (χ0v) is 9.53. The molecule has 0 spiro atoms. The van der Waals surface area contributed by atoms with Crippen LogP contribution >= 0.6 is 0 Å². The predicted molar refractivity (Wildman–Crippen MR) is 57.1 cm³/mol. The van der Waals surface area contributed by atoms with Crippen LogP contribution in [0.25, 0.3) is 0 Å². The van der Waals surface area contributed by atoms with Gasteiger partial charge in [0.05, 0.1) is 17.8 Å². The van der Waals surface area contributed by atoms with Crippen molar-refractivity contribution in [2.75, 3.05) is 6.61 Å². The maximum absolute atomic E-state index is 11.7. The molecule has 2 heterocycles. The maximum atomic E-state index is 11.7. The van der Waals surface area contributed by atoms with Crippen LogP contribution in [0.15, 0.2) is 10.6 Å². The molecule has 0 radical (unpaired) electrons. The van der Waals surface area contributed by atoms with Crippen LogP contribution in [-0.4, -0.2) is 29.8 Å². The minimum absolute atomic E-state index is 0.000376. The number of ether oxygens (including phenoxy) is 1. The number of nitrogens with one attached hydrogen (secondary N) is 1. The van der Waals surface area contributed by atoms with Gasteiger partial charge in [0.15, 0.2) is 0 Å². The van der Waals surface area contributed by atoms with Crippen LogP contribution in [0, 0.1) is 6.92 Å². The summed E-state index contributed by atoms with van der Waals surface area (Å²) < 4.78 is 10.4. The second-order valence-electron chi connectivity index (χ2n) is 4.15. The molecule has 5 nitrogen and oxygen atoms in total. The Kier molecular flexibility index (Phi) is 3.24. The van der Waals surface area contributed by atoms with E-state index in [1.165, 1.54) is 0 Å². The third-order valence-electron chi connectivity index (χ3n) is 2.73. The van der Waals surface area contributed by atoms with Crippen LogP contribution in [0.2, 0.25) is 0 Å². The Morgan fingerprint density at radius 3 is 3.06 bits per heavy atom. The number of carbonyl (C=O) groups is 1. The van der Waals surface area contributed by atoms with Gasteiger partial charge >= 0.3 is 0 Å². The second-order valence-corrected chi connectivity index (χ2v) is 4.15. The highest BCUT2D eigenvalue weighted by Gasteiger charge is 2.24. The number of carbonyl (C=O) groups excluding carboxylic acids is 1. The van der Waals surface area contributed by atoms with Gasteiger partial charge in [-0.15, -0.1) is 0 Å². The lowest BCUT2D eigenvalue weighted by Crippen LogP contribution is -2.40. The van der Waals surface area contributed by atoms with E-state index in [0.29, 0.717) is 5.69 Å². The summed E-state index contributed by atoms with van der Waals surface area (Å²) in [5.74, 6) is 0.0194. The van der Waals surface area contributed by atoms with Gasteiger partial charge in [-0.3, -0.25) is 4.79 Å². The lowest BCUT2D eigenvalue weighted by Gasteiger charge is -2.18. The van der Waals surface area contributed by atoms with Crippen molar-refractivity contribution in [2.45, 2.75) is 38.8 Å². The van der Waals surface area contributed by atoms with Crippen molar-refractivity contribution >= 4 is 5.91 Å². The van der Waals surface area contributed by atoms with Crippen molar-refractivity contribution in [3.8, 4) is 0 Å². The molecule has 1 amide bonds. The fourth-order valence-corrected chi connectivity index (χ4v) is 1.84. The van der Waals surface area contributed by atoms with Crippen molar-refractivity contribution in [2.24, 2.45) is 0 Å². The molecule has 16 heavy (non-hydrogen) atoms. The number of rotatable bonds is 3. The molecule has 0 saturated carbocycles. The molecule has 88 valence electrons. The van der Waals surface area contributed by atoms with Gasteiger partial charge in [0, 0.05) is 12.7 Å². The minimum Gasteiger partial charge on any atom is -0.376 e. The molecule has 0 bridgehead atoms. The molecular formula is C11H16N2O3. The third kappa shape index (κ3) is 2.41. The van der Waals surface area contributed by atoms with Crippen LogP contribution in [0.1, 0.15) is 36.0 Å². The molecule has 2 rings (SSSR count).